The summed E-state index contributed by atoms with van der Waals surface area (Å²) < 4.78 is 55.4. The molecule has 0 N–H and O–H groups in total. The Morgan fingerprint density at radius 3 is 2.75 bits per heavy atom. The van der Waals surface area contributed by atoms with Crippen LogP contribution in [0.5, 0.6) is 0 Å². The van der Waals surface area contributed by atoms with Crippen molar-refractivity contribution >= 4 is 22.2 Å². The van der Waals surface area contributed by atoms with E-state index in [-0.39, 0.29) is 5.52 Å². The van der Waals surface area contributed by atoms with E-state index in [9.17, 15) is 17.7 Å². The average Bonchev–Trinajstić information content (AvgIpc) is 3.17. The molecule has 4 heterocycles. The van der Waals surface area contributed by atoms with Crippen molar-refractivity contribution in [2.45, 2.75) is 44.4 Å². The molecular weight excluding hydrogens is 391 g/mol. The van der Waals surface area contributed by atoms with Crippen molar-refractivity contribution in [3.63, 3.8) is 0 Å². The summed E-state index contributed by atoms with van der Waals surface area (Å²) in [5.41, 5.74) is 0.152. The smallest absolute Gasteiger partial charge is 0.433 e. The summed E-state index contributed by atoms with van der Waals surface area (Å²) in [5, 5.41) is 0.604. The number of hydrogen-bond donors (Lipinski definition) is 0. The van der Waals surface area contributed by atoms with Crippen molar-refractivity contribution in [2.75, 3.05) is 5.75 Å². The van der Waals surface area contributed by atoms with Crippen LogP contribution in [0.3, 0.4) is 0 Å². The van der Waals surface area contributed by atoms with Gasteiger partial charge in [0.1, 0.15) is 17.3 Å². The van der Waals surface area contributed by atoms with E-state index in [1.165, 1.54) is 6.20 Å². The number of imidazole rings is 2. The minimum Gasteiger partial charge on any atom is -0.610 e. The van der Waals surface area contributed by atoms with Crippen LogP contribution in [-0.4, -0.2) is 34.4 Å². The van der Waals surface area contributed by atoms with E-state index in [0.29, 0.717) is 33.7 Å². The number of aromatic nitrogens is 5. The van der Waals surface area contributed by atoms with Crippen LogP contribution >= 0.6 is 0 Å². The lowest BCUT2D eigenvalue weighted by molar-refractivity contribution is -0.141. The Hall–Kier alpha value is -2.07. The molecule has 0 spiro atoms. The molecule has 0 bridgehead atoms. The Balaban J connectivity index is 1.91. The maximum absolute atomic E-state index is 13.0. The number of alkyl halides is 3. The number of nitrogens with zero attached hydrogens (tertiary/aromatic N) is 5. The van der Waals surface area contributed by atoms with Crippen LogP contribution in [0.15, 0.2) is 17.3 Å². The van der Waals surface area contributed by atoms with E-state index < -0.39 is 23.0 Å². The van der Waals surface area contributed by atoms with Crippen LogP contribution < -0.4 is 0 Å². The Morgan fingerprint density at radius 1 is 1.32 bits per heavy atom. The van der Waals surface area contributed by atoms with Gasteiger partial charge < -0.3 is 9.12 Å². The van der Waals surface area contributed by atoms with Gasteiger partial charge in [0, 0.05) is 31.2 Å². The fraction of sp³-hybridized carbons (Fsp3) is 0.500. The van der Waals surface area contributed by atoms with E-state index in [2.05, 4.69) is 16.9 Å². The van der Waals surface area contributed by atoms with E-state index >= 15 is 0 Å². The standard InChI is InChI=1S/C18H20F3N5OS/c1-4-28(27)17-15(24-14-7-10(2)5-6-26(14)17)16-23-11-8-13(18(19,20)21)22-9-12(11)25(16)3/h8-10H,4-7H2,1-3H3. The first kappa shape index (κ1) is 19.3. The number of fused-ring (bicyclic) bond motifs is 2. The molecule has 0 saturated heterocycles. The molecule has 28 heavy (non-hydrogen) atoms. The molecule has 3 aromatic rings. The van der Waals surface area contributed by atoms with Crippen molar-refractivity contribution < 1.29 is 17.7 Å². The minimum atomic E-state index is -4.54. The molecule has 0 fully saturated rings. The zero-order chi connectivity index (χ0) is 20.2. The lowest BCUT2D eigenvalue weighted by Gasteiger charge is -2.21. The zero-order valence-corrected chi connectivity index (χ0v) is 16.6. The van der Waals surface area contributed by atoms with E-state index in [4.69, 9.17) is 4.98 Å². The second-order valence-corrected chi connectivity index (χ2v) is 8.77. The molecule has 1 aliphatic heterocycles. The normalized spacial score (nSPS) is 18.5. The van der Waals surface area contributed by atoms with Gasteiger partial charge in [-0.15, -0.1) is 0 Å². The highest BCUT2D eigenvalue weighted by molar-refractivity contribution is 7.91. The lowest BCUT2D eigenvalue weighted by Crippen LogP contribution is -2.21. The molecule has 3 aromatic heterocycles. The fourth-order valence-electron chi connectivity index (χ4n) is 3.60. The predicted molar refractivity (Wildman–Crippen MR) is 99.2 cm³/mol. The zero-order valence-electron chi connectivity index (χ0n) is 15.7. The van der Waals surface area contributed by atoms with E-state index in [1.54, 1.807) is 11.6 Å². The van der Waals surface area contributed by atoms with Crippen LogP contribution in [0.25, 0.3) is 22.6 Å². The van der Waals surface area contributed by atoms with Crippen LogP contribution in [0, 0.1) is 5.92 Å². The van der Waals surface area contributed by atoms with Gasteiger partial charge in [0.25, 0.3) is 5.03 Å². The Kier molecular flexibility index (Phi) is 4.65. The second-order valence-electron chi connectivity index (χ2n) is 7.12. The molecular formula is C18H20F3N5OS. The quantitative estimate of drug-likeness (QED) is 0.618. The first-order valence-electron chi connectivity index (χ1n) is 9.08. The van der Waals surface area contributed by atoms with Gasteiger partial charge in [-0.1, -0.05) is 6.92 Å². The van der Waals surface area contributed by atoms with E-state index in [0.717, 1.165) is 31.3 Å². The molecule has 0 amide bonds. The van der Waals surface area contributed by atoms with Crippen LogP contribution in [0.4, 0.5) is 13.2 Å². The third kappa shape index (κ3) is 3.08. The molecule has 4 rings (SSSR count). The highest BCUT2D eigenvalue weighted by Gasteiger charge is 2.35. The summed E-state index contributed by atoms with van der Waals surface area (Å²) in [6.45, 7) is 4.71. The maximum Gasteiger partial charge on any atom is 0.433 e. The van der Waals surface area contributed by atoms with Gasteiger partial charge in [0.05, 0.1) is 17.2 Å². The van der Waals surface area contributed by atoms with Gasteiger partial charge >= 0.3 is 6.18 Å². The van der Waals surface area contributed by atoms with Gasteiger partial charge in [0.15, 0.2) is 11.5 Å². The fourth-order valence-corrected chi connectivity index (χ4v) is 4.67. The topological polar surface area (TPSA) is 71.6 Å². The first-order chi connectivity index (χ1) is 13.2. The molecule has 2 atom stereocenters. The third-order valence-corrected chi connectivity index (χ3v) is 6.49. The first-order valence-corrected chi connectivity index (χ1v) is 10.4. The largest absolute Gasteiger partial charge is 0.610 e. The Morgan fingerprint density at radius 2 is 2.07 bits per heavy atom. The maximum atomic E-state index is 13.0. The molecule has 0 radical (unpaired) electrons. The number of hydrogen-bond acceptors (Lipinski definition) is 4. The number of rotatable bonds is 3. The molecule has 10 heteroatoms. The van der Waals surface area contributed by atoms with E-state index in [1.807, 2.05) is 11.5 Å². The molecule has 2 unspecified atom stereocenters. The van der Waals surface area contributed by atoms with Gasteiger partial charge in [-0.05, 0) is 25.3 Å². The van der Waals surface area contributed by atoms with Gasteiger partial charge in [0.2, 0.25) is 0 Å². The summed E-state index contributed by atoms with van der Waals surface area (Å²) in [6, 6.07) is 0.938. The SMILES string of the molecule is CC[S+]([O-])c1c(-c2nc3cc(C(F)(F)F)ncc3n2C)nc2n1CCC(C)C2. The van der Waals surface area contributed by atoms with Gasteiger partial charge in [-0.3, -0.25) is 4.57 Å². The van der Waals surface area contributed by atoms with Crippen molar-refractivity contribution in [3.05, 3.63) is 23.8 Å². The third-order valence-electron chi connectivity index (χ3n) is 5.12. The van der Waals surface area contributed by atoms with Crippen LogP contribution in [0.1, 0.15) is 31.8 Å². The van der Waals surface area contributed by atoms with Crippen LogP contribution in [0.2, 0.25) is 0 Å². The highest BCUT2D eigenvalue weighted by atomic mass is 32.2. The average molecular weight is 411 g/mol. The van der Waals surface area contributed by atoms with Crippen molar-refractivity contribution in [3.8, 4) is 11.5 Å². The summed E-state index contributed by atoms with van der Waals surface area (Å²) in [7, 11) is 1.71. The molecule has 0 saturated carbocycles. The van der Waals surface area contributed by atoms with Crippen LogP contribution in [-0.2, 0) is 37.4 Å². The summed E-state index contributed by atoms with van der Waals surface area (Å²) in [6.07, 6.45) is -1.62. The van der Waals surface area contributed by atoms with Crippen molar-refractivity contribution in [2.24, 2.45) is 13.0 Å². The van der Waals surface area contributed by atoms with Crippen molar-refractivity contribution in [1.82, 2.24) is 24.1 Å². The second kappa shape index (κ2) is 6.77. The highest BCUT2D eigenvalue weighted by Crippen LogP contribution is 2.35. The Bertz CT molecular complexity index is 1040. The molecule has 150 valence electrons. The molecule has 0 aromatic carbocycles. The number of aryl methyl sites for hydroxylation is 1. The predicted octanol–water partition coefficient (Wildman–Crippen LogP) is 3.56. The van der Waals surface area contributed by atoms with Gasteiger partial charge in [-0.25, -0.2) is 15.0 Å². The minimum absolute atomic E-state index is 0.187. The summed E-state index contributed by atoms with van der Waals surface area (Å²) in [5.74, 6) is 2.16. The number of pyridine rings is 1. The monoisotopic (exact) mass is 411 g/mol. The lowest BCUT2D eigenvalue weighted by atomic mass is 10.0. The summed E-state index contributed by atoms with van der Waals surface area (Å²) >= 11 is -1.27. The molecule has 6 nitrogen and oxygen atoms in total. The Labute approximate surface area is 163 Å². The van der Waals surface area contributed by atoms with Gasteiger partial charge in [-0.2, -0.15) is 13.2 Å². The summed E-state index contributed by atoms with van der Waals surface area (Å²) in [4.78, 5) is 12.6. The number of halogens is 3. The molecule has 1 aliphatic rings. The van der Waals surface area contributed by atoms with Crippen molar-refractivity contribution in [1.29, 1.82) is 0 Å². The molecule has 0 aliphatic carbocycles.